The third-order valence-electron chi connectivity index (χ3n) is 5.31. The molecular weight excluding hydrogens is 250 g/mol. The quantitative estimate of drug-likeness (QED) is 0.913. The molecule has 2 unspecified atom stereocenters. The molecule has 0 spiro atoms. The van der Waals surface area contributed by atoms with E-state index in [1.165, 1.54) is 44.9 Å². The van der Waals surface area contributed by atoms with Gasteiger partial charge in [0.15, 0.2) is 5.82 Å². The molecule has 0 saturated heterocycles. The summed E-state index contributed by atoms with van der Waals surface area (Å²) < 4.78 is 5.47. The maximum atomic E-state index is 6.39. The molecule has 1 heterocycles. The molecule has 1 aromatic rings. The van der Waals surface area contributed by atoms with Crippen molar-refractivity contribution in [3.05, 3.63) is 11.7 Å². The topological polar surface area (TPSA) is 64.9 Å². The molecule has 4 nitrogen and oxygen atoms in total. The minimum atomic E-state index is -0.0949. The average Bonchev–Trinajstić information content (AvgIpc) is 3.09. The Morgan fingerprint density at radius 3 is 2.80 bits per heavy atom. The smallest absolute Gasteiger partial charge is 0.228 e. The second kappa shape index (κ2) is 5.84. The van der Waals surface area contributed by atoms with E-state index in [2.05, 4.69) is 17.1 Å². The van der Waals surface area contributed by atoms with E-state index in [0.717, 1.165) is 36.9 Å². The summed E-state index contributed by atoms with van der Waals surface area (Å²) in [4.78, 5) is 4.65. The number of nitrogens with zero attached hydrogens (tertiary/aromatic N) is 2. The van der Waals surface area contributed by atoms with Crippen molar-refractivity contribution in [1.29, 1.82) is 0 Å². The standard InChI is InChI=1S/C16H27N3O/c1-2-12-6-5-7-13(10-12)15-18-14(20-19-15)11-16(17)8-3-4-9-16/h12-13H,2-11,17H2,1H3. The summed E-state index contributed by atoms with van der Waals surface area (Å²) >= 11 is 0. The summed E-state index contributed by atoms with van der Waals surface area (Å²) in [6, 6.07) is 0. The van der Waals surface area contributed by atoms with Crippen molar-refractivity contribution in [2.45, 2.75) is 82.6 Å². The van der Waals surface area contributed by atoms with Crippen LogP contribution >= 0.6 is 0 Å². The molecule has 0 radical (unpaired) electrons. The van der Waals surface area contributed by atoms with Crippen molar-refractivity contribution >= 4 is 0 Å². The Morgan fingerprint density at radius 1 is 1.25 bits per heavy atom. The van der Waals surface area contributed by atoms with Gasteiger partial charge < -0.3 is 10.3 Å². The third-order valence-corrected chi connectivity index (χ3v) is 5.31. The van der Waals surface area contributed by atoms with Crippen molar-refractivity contribution in [2.75, 3.05) is 0 Å². The van der Waals surface area contributed by atoms with E-state index in [0.29, 0.717) is 5.92 Å². The monoisotopic (exact) mass is 277 g/mol. The molecule has 2 atom stereocenters. The van der Waals surface area contributed by atoms with E-state index in [1.54, 1.807) is 0 Å². The van der Waals surface area contributed by atoms with Gasteiger partial charge in [-0.2, -0.15) is 4.98 Å². The fourth-order valence-corrected chi connectivity index (χ4v) is 3.96. The molecule has 2 aliphatic carbocycles. The van der Waals surface area contributed by atoms with Gasteiger partial charge in [0, 0.05) is 17.9 Å². The van der Waals surface area contributed by atoms with Crippen LogP contribution in [0.25, 0.3) is 0 Å². The molecule has 0 aromatic carbocycles. The Morgan fingerprint density at radius 2 is 2.05 bits per heavy atom. The zero-order valence-electron chi connectivity index (χ0n) is 12.6. The van der Waals surface area contributed by atoms with Crippen LogP contribution < -0.4 is 5.73 Å². The third kappa shape index (κ3) is 3.05. The van der Waals surface area contributed by atoms with E-state index in [1.807, 2.05) is 0 Å². The van der Waals surface area contributed by atoms with Crippen molar-refractivity contribution in [2.24, 2.45) is 11.7 Å². The highest BCUT2D eigenvalue weighted by Gasteiger charge is 2.32. The molecule has 0 amide bonds. The van der Waals surface area contributed by atoms with Gasteiger partial charge in [-0.25, -0.2) is 0 Å². The van der Waals surface area contributed by atoms with Gasteiger partial charge in [-0.3, -0.25) is 0 Å². The number of aromatic nitrogens is 2. The van der Waals surface area contributed by atoms with E-state index < -0.39 is 0 Å². The van der Waals surface area contributed by atoms with Gasteiger partial charge >= 0.3 is 0 Å². The first-order chi connectivity index (χ1) is 9.68. The fourth-order valence-electron chi connectivity index (χ4n) is 3.96. The maximum Gasteiger partial charge on any atom is 0.228 e. The highest BCUT2D eigenvalue weighted by molar-refractivity contribution is 5.02. The zero-order chi connectivity index (χ0) is 14.0. The van der Waals surface area contributed by atoms with Gasteiger partial charge in [0.25, 0.3) is 0 Å². The number of hydrogen-bond donors (Lipinski definition) is 1. The van der Waals surface area contributed by atoms with E-state index in [-0.39, 0.29) is 5.54 Å². The van der Waals surface area contributed by atoms with Crippen molar-refractivity contribution in [3.8, 4) is 0 Å². The molecule has 1 aromatic heterocycles. The molecule has 2 saturated carbocycles. The Kier molecular flexibility index (Phi) is 4.11. The molecule has 3 rings (SSSR count). The molecule has 4 heteroatoms. The van der Waals surface area contributed by atoms with Crippen LogP contribution in [-0.4, -0.2) is 15.7 Å². The minimum Gasteiger partial charge on any atom is -0.339 e. The van der Waals surface area contributed by atoms with E-state index in [4.69, 9.17) is 10.3 Å². The van der Waals surface area contributed by atoms with E-state index in [9.17, 15) is 0 Å². The molecule has 20 heavy (non-hydrogen) atoms. The lowest BCUT2D eigenvalue weighted by molar-refractivity contribution is 0.294. The van der Waals surface area contributed by atoms with Crippen LogP contribution in [0.4, 0.5) is 0 Å². The molecule has 2 aliphatic rings. The van der Waals surface area contributed by atoms with Gasteiger partial charge in [-0.1, -0.05) is 44.2 Å². The number of hydrogen-bond acceptors (Lipinski definition) is 4. The summed E-state index contributed by atoms with van der Waals surface area (Å²) in [7, 11) is 0. The second-order valence-corrected chi connectivity index (χ2v) is 6.93. The average molecular weight is 277 g/mol. The predicted molar refractivity (Wildman–Crippen MR) is 78.4 cm³/mol. The van der Waals surface area contributed by atoms with Gasteiger partial charge in [0.05, 0.1) is 0 Å². The highest BCUT2D eigenvalue weighted by atomic mass is 16.5. The first-order valence-electron chi connectivity index (χ1n) is 8.30. The lowest BCUT2D eigenvalue weighted by atomic mass is 9.80. The lowest BCUT2D eigenvalue weighted by Crippen LogP contribution is -2.38. The van der Waals surface area contributed by atoms with Gasteiger partial charge in [0.2, 0.25) is 5.89 Å². The molecule has 0 aliphatic heterocycles. The lowest BCUT2D eigenvalue weighted by Gasteiger charge is -2.26. The maximum absolute atomic E-state index is 6.39. The summed E-state index contributed by atoms with van der Waals surface area (Å²) in [5.41, 5.74) is 6.30. The number of nitrogens with two attached hydrogens (primary N) is 1. The summed E-state index contributed by atoms with van der Waals surface area (Å²) in [5.74, 6) is 3.03. The van der Waals surface area contributed by atoms with Gasteiger partial charge in [-0.15, -0.1) is 0 Å². The second-order valence-electron chi connectivity index (χ2n) is 6.93. The highest BCUT2D eigenvalue weighted by Crippen LogP contribution is 2.36. The fraction of sp³-hybridized carbons (Fsp3) is 0.875. The van der Waals surface area contributed by atoms with Crippen LogP contribution in [0.1, 0.15) is 82.3 Å². The Hall–Kier alpha value is -0.900. The Labute approximate surface area is 121 Å². The Bertz CT molecular complexity index is 437. The largest absolute Gasteiger partial charge is 0.339 e. The molecule has 2 N–H and O–H groups in total. The van der Waals surface area contributed by atoms with Crippen LogP contribution in [0.5, 0.6) is 0 Å². The molecule has 112 valence electrons. The zero-order valence-corrected chi connectivity index (χ0v) is 12.6. The summed E-state index contributed by atoms with van der Waals surface area (Å²) in [6.45, 7) is 2.28. The molecule has 0 bridgehead atoms. The summed E-state index contributed by atoms with van der Waals surface area (Å²) in [5, 5.41) is 4.24. The first-order valence-corrected chi connectivity index (χ1v) is 8.30. The van der Waals surface area contributed by atoms with Crippen LogP contribution in [0, 0.1) is 5.92 Å². The Balaban J connectivity index is 1.64. The minimum absolute atomic E-state index is 0.0949. The SMILES string of the molecule is CCC1CCCC(c2noc(CC3(N)CCCC3)n2)C1. The van der Waals surface area contributed by atoms with Crippen LogP contribution in [-0.2, 0) is 6.42 Å². The first kappa shape index (κ1) is 14.1. The van der Waals surface area contributed by atoms with Gasteiger partial charge in [-0.05, 0) is 31.6 Å². The van der Waals surface area contributed by atoms with Crippen molar-refractivity contribution in [1.82, 2.24) is 10.1 Å². The van der Waals surface area contributed by atoms with Crippen LogP contribution in [0.2, 0.25) is 0 Å². The summed E-state index contributed by atoms with van der Waals surface area (Å²) in [6.07, 6.45) is 11.8. The predicted octanol–water partition coefficient (Wildman–Crippen LogP) is 3.57. The van der Waals surface area contributed by atoms with Crippen LogP contribution in [0.15, 0.2) is 4.52 Å². The van der Waals surface area contributed by atoms with Crippen molar-refractivity contribution < 1.29 is 4.52 Å². The number of rotatable bonds is 4. The molecule has 2 fully saturated rings. The van der Waals surface area contributed by atoms with Gasteiger partial charge in [0.1, 0.15) is 0 Å². The van der Waals surface area contributed by atoms with Crippen LogP contribution in [0.3, 0.4) is 0 Å². The van der Waals surface area contributed by atoms with Crippen molar-refractivity contribution in [3.63, 3.8) is 0 Å². The van der Waals surface area contributed by atoms with E-state index >= 15 is 0 Å². The normalized spacial score (nSPS) is 29.7. The molecular formula is C16H27N3O.